The second-order valence-electron chi connectivity index (χ2n) is 7.00. The number of rotatable bonds is 2. The fraction of sp³-hybridized carbons (Fsp3) is 1.00. The summed E-state index contributed by atoms with van der Waals surface area (Å²) >= 11 is 0. The predicted molar refractivity (Wildman–Crippen MR) is 63.8 cm³/mol. The van der Waals surface area contributed by atoms with Crippen LogP contribution >= 0.6 is 0 Å². The maximum atomic E-state index is 2.44. The van der Waals surface area contributed by atoms with Gasteiger partial charge in [-0.1, -0.05) is 12.8 Å². The van der Waals surface area contributed by atoms with Crippen LogP contribution in [-0.2, 0) is 0 Å². The van der Waals surface area contributed by atoms with Crippen molar-refractivity contribution < 1.29 is 0 Å². The van der Waals surface area contributed by atoms with Gasteiger partial charge in [0.2, 0.25) is 0 Å². The van der Waals surface area contributed by atoms with E-state index in [0.717, 1.165) is 23.2 Å². The van der Waals surface area contributed by atoms with Crippen LogP contribution in [0.5, 0.6) is 0 Å². The van der Waals surface area contributed by atoms with Crippen molar-refractivity contribution >= 4 is 0 Å². The molecule has 4 aliphatic carbocycles. The van der Waals surface area contributed by atoms with Gasteiger partial charge in [-0.25, -0.2) is 0 Å². The van der Waals surface area contributed by atoms with E-state index in [1.165, 1.54) is 6.54 Å². The minimum Gasteiger partial charge on any atom is -0.309 e. The molecule has 0 saturated heterocycles. The highest BCUT2D eigenvalue weighted by molar-refractivity contribution is 4.99. The second kappa shape index (κ2) is 3.48. The molecule has 0 aromatic carbocycles. The van der Waals surface area contributed by atoms with E-state index in [4.69, 9.17) is 0 Å². The maximum Gasteiger partial charge on any atom is 0.00322 e. The lowest BCUT2D eigenvalue weighted by molar-refractivity contribution is 0.0144. The molecule has 0 spiro atoms. The van der Waals surface area contributed by atoms with Crippen LogP contribution in [0.1, 0.15) is 44.9 Å². The molecule has 0 heterocycles. The maximum absolute atomic E-state index is 2.44. The molecule has 4 fully saturated rings. The molecule has 0 aliphatic heterocycles. The van der Waals surface area contributed by atoms with Gasteiger partial charge >= 0.3 is 0 Å². The van der Waals surface area contributed by atoms with Gasteiger partial charge in [-0.3, -0.25) is 0 Å². The molecule has 1 heteroatoms. The first kappa shape index (κ1) is 10.1. The molecule has 0 N–H and O–H groups in total. The molecule has 4 saturated carbocycles. The summed E-state index contributed by atoms with van der Waals surface area (Å²) in [6.07, 6.45) is 10.9. The molecule has 0 aromatic rings. The van der Waals surface area contributed by atoms with Crippen LogP contribution < -0.4 is 0 Å². The van der Waals surface area contributed by atoms with Gasteiger partial charge in [-0.2, -0.15) is 0 Å². The molecule has 4 atom stereocenters. The summed E-state index contributed by atoms with van der Waals surface area (Å²) in [6, 6.07) is 0. The van der Waals surface area contributed by atoms with E-state index >= 15 is 0 Å². The van der Waals surface area contributed by atoms with Crippen LogP contribution in [0.4, 0.5) is 0 Å². The molecular weight excluding hydrogens is 182 g/mol. The number of fused-ring (bicyclic) bond motifs is 1. The summed E-state index contributed by atoms with van der Waals surface area (Å²) < 4.78 is 0. The first-order chi connectivity index (χ1) is 7.15. The Bertz CT molecular complexity index is 226. The number of hydrogen-bond donors (Lipinski definition) is 0. The molecule has 4 aliphatic rings. The Hall–Kier alpha value is -0.0400. The summed E-state index contributed by atoms with van der Waals surface area (Å²) in [5, 5.41) is 0. The molecule has 4 bridgehead atoms. The molecule has 1 nitrogen and oxygen atoms in total. The van der Waals surface area contributed by atoms with Crippen molar-refractivity contribution in [3.05, 3.63) is 0 Å². The van der Waals surface area contributed by atoms with Crippen LogP contribution in [-0.4, -0.2) is 25.5 Å². The average Bonchev–Trinajstić information content (AvgIpc) is 2.29. The van der Waals surface area contributed by atoms with Crippen molar-refractivity contribution in [3.63, 3.8) is 0 Å². The molecule has 86 valence electrons. The molecule has 4 rings (SSSR count). The first-order valence-electron chi connectivity index (χ1n) is 6.80. The lowest BCUT2D eigenvalue weighted by Gasteiger charge is -2.49. The molecule has 0 aromatic heterocycles. The summed E-state index contributed by atoms with van der Waals surface area (Å²) in [7, 11) is 4.52. The highest BCUT2D eigenvalue weighted by atomic mass is 15.1. The third kappa shape index (κ3) is 1.84. The van der Waals surface area contributed by atoms with E-state index in [2.05, 4.69) is 19.0 Å². The van der Waals surface area contributed by atoms with Crippen LogP contribution in [0.3, 0.4) is 0 Å². The van der Waals surface area contributed by atoms with Gasteiger partial charge in [0.1, 0.15) is 0 Å². The molecule has 0 amide bonds. The smallest absolute Gasteiger partial charge is 0.00322 e. The minimum atomic E-state index is 0.733. The molecule has 2 unspecified atom stereocenters. The normalized spacial score (nSPS) is 48.6. The quantitative estimate of drug-likeness (QED) is 0.672. The Labute approximate surface area is 94.2 Å². The SMILES string of the molecule is CN(C)CC12CC3C[C@@H](CC[C@@H](C3)C1)C2. The summed E-state index contributed by atoms with van der Waals surface area (Å²) in [6.45, 7) is 1.36. The van der Waals surface area contributed by atoms with Gasteiger partial charge in [0.05, 0.1) is 0 Å². The summed E-state index contributed by atoms with van der Waals surface area (Å²) in [5.41, 5.74) is 0.733. The van der Waals surface area contributed by atoms with E-state index < -0.39 is 0 Å². The average molecular weight is 207 g/mol. The Morgan fingerprint density at radius 3 is 2.00 bits per heavy atom. The fourth-order valence-corrected chi connectivity index (χ4v) is 5.24. The van der Waals surface area contributed by atoms with Crippen molar-refractivity contribution in [3.8, 4) is 0 Å². The van der Waals surface area contributed by atoms with Gasteiger partial charge < -0.3 is 4.90 Å². The molecular formula is C14H25N. The van der Waals surface area contributed by atoms with E-state index in [-0.39, 0.29) is 0 Å². The zero-order valence-corrected chi connectivity index (χ0v) is 10.3. The van der Waals surface area contributed by atoms with Gasteiger partial charge in [0.15, 0.2) is 0 Å². The zero-order chi connectivity index (χ0) is 10.5. The Morgan fingerprint density at radius 2 is 1.47 bits per heavy atom. The standard InChI is InChI=1S/C14H25N/c1-15(2)10-14-7-11-3-4-12(8-14)6-13(5-11)9-14/h11-13H,3-10H2,1-2H3/t11-,12+,13?,14?. The van der Waals surface area contributed by atoms with Crippen molar-refractivity contribution in [2.24, 2.45) is 23.2 Å². The lowest BCUT2D eigenvalue weighted by Crippen LogP contribution is -2.43. The van der Waals surface area contributed by atoms with Crippen molar-refractivity contribution in [2.45, 2.75) is 44.9 Å². The lowest BCUT2D eigenvalue weighted by atomic mass is 9.58. The van der Waals surface area contributed by atoms with Crippen molar-refractivity contribution in [1.82, 2.24) is 4.90 Å². The molecule has 15 heavy (non-hydrogen) atoms. The monoisotopic (exact) mass is 207 g/mol. The van der Waals surface area contributed by atoms with Crippen molar-refractivity contribution in [2.75, 3.05) is 20.6 Å². The minimum absolute atomic E-state index is 0.733. The van der Waals surface area contributed by atoms with Gasteiger partial charge in [-0.05, 0) is 69.4 Å². The van der Waals surface area contributed by atoms with E-state index in [9.17, 15) is 0 Å². The topological polar surface area (TPSA) is 3.24 Å². The third-order valence-corrected chi connectivity index (χ3v) is 5.13. The summed E-state index contributed by atoms with van der Waals surface area (Å²) in [5.74, 6) is 3.29. The van der Waals surface area contributed by atoms with Gasteiger partial charge in [0, 0.05) is 6.54 Å². The number of hydrogen-bond acceptors (Lipinski definition) is 1. The highest BCUT2D eigenvalue weighted by Crippen LogP contribution is 2.57. The van der Waals surface area contributed by atoms with E-state index in [1.54, 1.807) is 44.9 Å². The van der Waals surface area contributed by atoms with Gasteiger partial charge in [0.25, 0.3) is 0 Å². The van der Waals surface area contributed by atoms with Crippen LogP contribution in [0.15, 0.2) is 0 Å². The Balaban J connectivity index is 1.84. The van der Waals surface area contributed by atoms with E-state index in [1.807, 2.05) is 0 Å². The van der Waals surface area contributed by atoms with E-state index in [0.29, 0.717) is 0 Å². The largest absolute Gasteiger partial charge is 0.309 e. The van der Waals surface area contributed by atoms with Gasteiger partial charge in [-0.15, -0.1) is 0 Å². The Morgan fingerprint density at radius 1 is 0.933 bits per heavy atom. The second-order valence-corrected chi connectivity index (χ2v) is 7.00. The first-order valence-corrected chi connectivity index (χ1v) is 6.80. The highest BCUT2D eigenvalue weighted by Gasteiger charge is 2.48. The van der Waals surface area contributed by atoms with Crippen molar-refractivity contribution in [1.29, 1.82) is 0 Å². The molecule has 0 radical (unpaired) electrons. The van der Waals surface area contributed by atoms with Crippen LogP contribution in [0.25, 0.3) is 0 Å². The fourth-order valence-electron chi connectivity index (χ4n) is 5.24. The third-order valence-electron chi connectivity index (χ3n) is 5.13. The summed E-state index contributed by atoms with van der Waals surface area (Å²) in [4.78, 5) is 2.44. The van der Waals surface area contributed by atoms with Crippen LogP contribution in [0, 0.1) is 23.2 Å². The Kier molecular flexibility index (Phi) is 2.35. The zero-order valence-electron chi connectivity index (χ0n) is 10.3. The van der Waals surface area contributed by atoms with Crippen LogP contribution in [0.2, 0.25) is 0 Å². The number of nitrogens with zero attached hydrogens (tertiary/aromatic N) is 1. The predicted octanol–water partition coefficient (Wildman–Crippen LogP) is 3.15.